The van der Waals surface area contributed by atoms with Crippen LogP contribution >= 0.6 is 0 Å². The molecule has 0 aromatic carbocycles. The van der Waals surface area contributed by atoms with Gasteiger partial charge in [-0.05, 0) is 19.8 Å². The second-order valence-electron chi connectivity index (χ2n) is 8.76. The van der Waals surface area contributed by atoms with Gasteiger partial charge in [0.15, 0.2) is 0 Å². The first-order valence-corrected chi connectivity index (χ1v) is 10.4. The van der Waals surface area contributed by atoms with Crippen LogP contribution in [0.1, 0.15) is 43.8 Å². The lowest BCUT2D eigenvalue weighted by atomic mass is 10.0. The van der Waals surface area contributed by atoms with Crippen molar-refractivity contribution in [3.8, 4) is 11.3 Å². The van der Waals surface area contributed by atoms with Gasteiger partial charge in [-0.15, -0.1) is 0 Å². The molecule has 1 saturated carbocycles. The molecule has 1 fully saturated rings. The van der Waals surface area contributed by atoms with Crippen LogP contribution in [0.25, 0.3) is 11.3 Å². The van der Waals surface area contributed by atoms with Crippen LogP contribution in [0.5, 0.6) is 0 Å². The lowest BCUT2D eigenvalue weighted by Crippen LogP contribution is -2.23. The number of rotatable bonds is 4. The fourth-order valence-corrected chi connectivity index (χ4v) is 4.34. The Balaban J connectivity index is 1.66. The van der Waals surface area contributed by atoms with E-state index in [9.17, 15) is 13.6 Å². The maximum absolute atomic E-state index is 14.4. The normalized spacial score (nSPS) is 16.4. The van der Waals surface area contributed by atoms with Gasteiger partial charge in [0, 0.05) is 68.5 Å². The second kappa shape index (κ2) is 6.78. The zero-order valence-corrected chi connectivity index (χ0v) is 18.3. The minimum atomic E-state index is -3.21. The minimum absolute atomic E-state index is 0.0543. The number of nitrogens with zero attached hydrogens (tertiary/aromatic N) is 6. The predicted octanol–water partition coefficient (Wildman–Crippen LogP) is 3.83. The van der Waals surface area contributed by atoms with Crippen molar-refractivity contribution < 1.29 is 13.6 Å². The predicted molar refractivity (Wildman–Crippen MR) is 115 cm³/mol. The van der Waals surface area contributed by atoms with Crippen molar-refractivity contribution in [3.05, 3.63) is 41.6 Å². The maximum atomic E-state index is 14.4. The van der Waals surface area contributed by atoms with Crippen LogP contribution < -0.4 is 10.2 Å². The van der Waals surface area contributed by atoms with Gasteiger partial charge < -0.3 is 10.2 Å². The largest absolute Gasteiger partial charge is 0.325 e. The van der Waals surface area contributed by atoms with Gasteiger partial charge in [0.1, 0.15) is 11.6 Å². The highest BCUT2D eigenvalue weighted by Crippen LogP contribution is 2.58. The van der Waals surface area contributed by atoms with Crippen molar-refractivity contribution in [2.75, 3.05) is 16.8 Å². The molecular formula is C22H23F2N7O. The van der Waals surface area contributed by atoms with E-state index in [1.54, 1.807) is 36.3 Å². The van der Waals surface area contributed by atoms with Gasteiger partial charge in [-0.3, -0.25) is 9.48 Å². The monoisotopic (exact) mass is 439 g/mol. The zero-order valence-electron chi connectivity index (χ0n) is 18.3. The van der Waals surface area contributed by atoms with E-state index >= 15 is 0 Å². The van der Waals surface area contributed by atoms with Gasteiger partial charge in [0.05, 0.1) is 17.1 Å². The maximum Gasteiger partial charge on any atom is 0.303 e. The van der Waals surface area contributed by atoms with Gasteiger partial charge >= 0.3 is 5.92 Å². The quantitative estimate of drug-likeness (QED) is 0.665. The number of aromatic nitrogens is 5. The van der Waals surface area contributed by atoms with Gasteiger partial charge in [0.2, 0.25) is 11.7 Å². The van der Waals surface area contributed by atoms with E-state index in [4.69, 9.17) is 0 Å². The number of fused-ring (bicyclic) bond motifs is 2. The third kappa shape index (κ3) is 3.39. The molecule has 1 spiro atoms. The average molecular weight is 439 g/mol. The van der Waals surface area contributed by atoms with Crippen molar-refractivity contribution in [2.24, 2.45) is 7.05 Å². The molecule has 8 nitrogen and oxygen atoms in total. The van der Waals surface area contributed by atoms with Crippen LogP contribution in [0.2, 0.25) is 0 Å². The second-order valence-corrected chi connectivity index (χ2v) is 8.76. The Bertz CT molecular complexity index is 1240. The molecule has 1 aliphatic heterocycles. The summed E-state index contributed by atoms with van der Waals surface area (Å²) >= 11 is 0. The molecule has 0 saturated heterocycles. The zero-order chi connectivity index (χ0) is 22.8. The molecule has 0 unspecified atom stereocenters. The van der Waals surface area contributed by atoms with Gasteiger partial charge in [-0.25, -0.2) is 15.0 Å². The molecule has 1 aliphatic carbocycles. The van der Waals surface area contributed by atoms with Crippen molar-refractivity contribution in [1.82, 2.24) is 24.7 Å². The van der Waals surface area contributed by atoms with Crippen molar-refractivity contribution in [2.45, 2.75) is 45.0 Å². The Morgan fingerprint density at radius 2 is 2.00 bits per heavy atom. The molecule has 1 N–H and O–H groups in total. The van der Waals surface area contributed by atoms with Crippen LogP contribution in [-0.4, -0.2) is 37.2 Å². The van der Waals surface area contributed by atoms with E-state index in [1.807, 2.05) is 11.8 Å². The van der Waals surface area contributed by atoms with Gasteiger partial charge in [0.25, 0.3) is 0 Å². The van der Waals surface area contributed by atoms with E-state index in [-0.39, 0.29) is 11.3 Å². The number of alkyl halides is 2. The molecule has 5 rings (SSSR count). The van der Waals surface area contributed by atoms with Crippen molar-refractivity contribution >= 4 is 23.2 Å². The van der Waals surface area contributed by atoms with E-state index in [1.165, 1.54) is 6.92 Å². The number of aryl methyl sites for hydroxylation is 2. The molecule has 3 aromatic rings. The molecule has 10 heteroatoms. The summed E-state index contributed by atoms with van der Waals surface area (Å²) in [6, 6.07) is 3.51. The van der Waals surface area contributed by atoms with Crippen LogP contribution in [0, 0.1) is 6.92 Å². The summed E-state index contributed by atoms with van der Waals surface area (Å²) in [7, 11) is 1.78. The standard InChI is InChI=1S/C22H23F2N7O/c1-12-14(10-30(4)29-12)16-7-19(28-20(27-16)21(3,23)24)31-11-22(5-6-22)15-9-25-18(8-17(15)31)26-13(2)32/h7-10H,5-6,11H2,1-4H3,(H,25,26,32). The van der Waals surface area contributed by atoms with Crippen LogP contribution in [0.4, 0.5) is 26.1 Å². The number of halogens is 2. The number of nitrogens with one attached hydrogen (secondary N) is 1. The summed E-state index contributed by atoms with van der Waals surface area (Å²) in [4.78, 5) is 26.3. The van der Waals surface area contributed by atoms with Crippen molar-refractivity contribution in [3.63, 3.8) is 0 Å². The first-order valence-electron chi connectivity index (χ1n) is 10.4. The molecule has 4 heterocycles. The smallest absolute Gasteiger partial charge is 0.303 e. The Hall–Kier alpha value is -3.43. The van der Waals surface area contributed by atoms with E-state index in [2.05, 4.69) is 25.4 Å². The lowest BCUT2D eigenvalue weighted by molar-refractivity contribution is -0.114. The summed E-state index contributed by atoms with van der Waals surface area (Å²) < 4.78 is 30.4. The van der Waals surface area contributed by atoms with Gasteiger partial charge in [-0.2, -0.15) is 13.9 Å². The molecule has 32 heavy (non-hydrogen) atoms. The first-order chi connectivity index (χ1) is 15.1. The fourth-order valence-electron chi connectivity index (χ4n) is 4.34. The number of hydrogen-bond donors (Lipinski definition) is 1. The molecule has 1 amide bonds. The highest BCUT2D eigenvalue weighted by molar-refractivity contribution is 5.89. The Kier molecular flexibility index (Phi) is 4.34. The van der Waals surface area contributed by atoms with E-state index in [0.717, 1.165) is 31.0 Å². The molecule has 0 radical (unpaired) electrons. The lowest BCUT2D eigenvalue weighted by Gasteiger charge is -2.22. The SMILES string of the molecule is CC(=O)Nc1cc2c(cn1)C1(CC1)CN2c1cc(-c2cn(C)nc2C)nc(C(C)(F)F)n1. The fraction of sp³-hybridized carbons (Fsp3) is 0.409. The summed E-state index contributed by atoms with van der Waals surface area (Å²) in [6.07, 6.45) is 5.52. The highest BCUT2D eigenvalue weighted by Gasteiger charge is 2.53. The first kappa shape index (κ1) is 20.5. The van der Waals surface area contributed by atoms with Crippen LogP contribution in [0.15, 0.2) is 24.5 Å². The Morgan fingerprint density at radius 3 is 2.59 bits per heavy atom. The third-order valence-electron chi connectivity index (χ3n) is 6.03. The molecular weight excluding hydrogens is 416 g/mol. The highest BCUT2D eigenvalue weighted by atomic mass is 19.3. The Labute approximate surface area is 183 Å². The number of carbonyl (C=O) groups excluding carboxylic acids is 1. The average Bonchev–Trinajstić information content (AvgIpc) is 3.30. The van der Waals surface area contributed by atoms with Crippen LogP contribution in [-0.2, 0) is 23.2 Å². The topological polar surface area (TPSA) is 88.8 Å². The number of amides is 1. The Morgan fingerprint density at radius 1 is 1.25 bits per heavy atom. The summed E-state index contributed by atoms with van der Waals surface area (Å²) in [5, 5.41) is 7.02. The summed E-state index contributed by atoms with van der Waals surface area (Å²) in [5.74, 6) is -3.17. The number of hydrogen-bond acceptors (Lipinski definition) is 6. The molecule has 166 valence electrons. The number of carbonyl (C=O) groups is 1. The summed E-state index contributed by atoms with van der Waals surface area (Å²) in [5.41, 5.74) is 3.58. The van der Waals surface area contributed by atoms with Gasteiger partial charge in [-0.1, -0.05) is 0 Å². The van der Waals surface area contributed by atoms with Crippen molar-refractivity contribution in [1.29, 1.82) is 0 Å². The molecule has 2 aliphatic rings. The number of anilines is 3. The third-order valence-corrected chi connectivity index (χ3v) is 6.03. The molecule has 3 aromatic heterocycles. The summed E-state index contributed by atoms with van der Waals surface area (Å²) in [6.45, 7) is 4.64. The number of pyridine rings is 1. The molecule has 0 bridgehead atoms. The molecule has 0 atom stereocenters. The minimum Gasteiger partial charge on any atom is -0.325 e. The van der Waals surface area contributed by atoms with E-state index < -0.39 is 11.7 Å². The van der Waals surface area contributed by atoms with E-state index in [0.29, 0.717) is 35.1 Å². The van der Waals surface area contributed by atoms with Crippen LogP contribution in [0.3, 0.4) is 0 Å².